The molecule has 0 atom stereocenters. The lowest BCUT2D eigenvalue weighted by Gasteiger charge is -2.08. The second-order valence-electron chi connectivity index (χ2n) is 3.32. The van der Waals surface area contributed by atoms with E-state index in [1.807, 2.05) is 0 Å². The minimum absolute atomic E-state index is 0.343. The highest BCUT2D eigenvalue weighted by atomic mass is 79.9. The van der Waals surface area contributed by atoms with E-state index in [2.05, 4.69) is 30.8 Å². The Bertz CT molecular complexity index is 559. The van der Waals surface area contributed by atoms with Gasteiger partial charge in [0, 0.05) is 5.69 Å². The number of benzene rings is 1. The summed E-state index contributed by atoms with van der Waals surface area (Å²) in [6, 6.07) is 2.88. The first-order valence-corrected chi connectivity index (χ1v) is 6.19. The number of amides is 1. The Labute approximate surface area is 109 Å². The van der Waals surface area contributed by atoms with E-state index in [-0.39, 0.29) is 5.91 Å². The number of anilines is 1. The van der Waals surface area contributed by atoms with Gasteiger partial charge >= 0.3 is 0 Å². The van der Waals surface area contributed by atoms with Crippen molar-refractivity contribution in [3.05, 3.63) is 39.1 Å². The van der Waals surface area contributed by atoms with Gasteiger partial charge in [0.15, 0.2) is 0 Å². The molecule has 2 rings (SSSR count). The van der Waals surface area contributed by atoms with Crippen molar-refractivity contribution < 1.29 is 9.18 Å². The minimum Gasteiger partial charge on any atom is -0.321 e. The van der Waals surface area contributed by atoms with Crippen LogP contribution in [0.25, 0.3) is 0 Å². The van der Waals surface area contributed by atoms with Gasteiger partial charge in [-0.1, -0.05) is 4.49 Å². The van der Waals surface area contributed by atoms with Gasteiger partial charge in [0.2, 0.25) is 0 Å². The maximum atomic E-state index is 13.3. The van der Waals surface area contributed by atoms with Crippen molar-refractivity contribution >= 4 is 39.1 Å². The Balaban J connectivity index is 2.25. The summed E-state index contributed by atoms with van der Waals surface area (Å²) in [6.45, 7) is 1.78. The summed E-state index contributed by atoms with van der Waals surface area (Å²) in [5.41, 5.74) is 1.20. The van der Waals surface area contributed by atoms with Crippen LogP contribution < -0.4 is 5.32 Å². The van der Waals surface area contributed by atoms with Gasteiger partial charge in [-0.15, -0.1) is 5.10 Å². The van der Waals surface area contributed by atoms with E-state index < -0.39 is 5.82 Å². The molecule has 1 aromatic heterocycles. The van der Waals surface area contributed by atoms with E-state index in [1.54, 1.807) is 13.0 Å². The molecule has 0 spiro atoms. The smallest absolute Gasteiger partial charge is 0.269 e. The fourth-order valence-electron chi connectivity index (χ4n) is 1.23. The summed E-state index contributed by atoms with van der Waals surface area (Å²) in [4.78, 5) is 12.1. The third-order valence-electron chi connectivity index (χ3n) is 2.10. The average Bonchev–Trinajstić information content (AvgIpc) is 2.79. The first-order valence-electron chi connectivity index (χ1n) is 4.62. The standard InChI is InChI=1S/C10H7BrFN3OS/c1-5-2-6(11)7(12)3-8(5)14-10(16)9-4-13-15-17-9/h2-4H,1H3,(H,14,16). The number of carbonyl (C=O) groups is 1. The van der Waals surface area contributed by atoms with Crippen LogP contribution in [0.1, 0.15) is 15.2 Å². The number of aromatic nitrogens is 2. The van der Waals surface area contributed by atoms with E-state index >= 15 is 0 Å². The summed E-state index contributed by atoms with van der Waals surface area (Å²) in [6.07, 6.45) is 1.37. The fourth-order valence-corrected chi connectivity index (χ4v) is 2.10. The molecule has 1 N–H and O–H groups in total. The van der Waals surface area contributed by atoms with Crippen molar-refractivity contribution in [3.63, 3.8) is 0 Å². The maximum absolute atomic E-state index is 13.3. The summed E-state index contributed by atoms with van der Waals surface area (Å²) in [5.74, 6) is -0.766. The highest BCUT2D eigenvalue weighted by Gasteiger charge is 2.12. The van der Waals surface area contributed by atoms with Gasteiger partial charge in [-0.3, -0.25) is 4.79 Å². The molecule has 0 radical (unpaired) electrons. The molecule has 0 aliphatic rings. The second kappa shape index (κ2) is 4.89. The Morgan fingerprint density at radius 1 is 1.53 bits per heavy atom. The van der Waals surface area contributed by atoms with Crippen LogP contribution in [-0.2, 0) is 0 Å². The molecule has 1 aromatic carbocycles. The summed E-state index contributed by atoms with van der Waals surface area (Å²) in [5, 5.41) is 6.18. The SMILES string of the molecule is Cc1cc(Br)c(F)cc1NC(=O)c1cnns1. The van der Waals surface area contributed by atoms with Gasteiger partial charge in [0.25, 0.3) is 5.91 Å². The van der Waals surface area contributed by atoms with E-state index in [0.29, 0.717) is 15.0 Å². The molecule has 1 amide bonds. The largest absolute Gasteiger partial charge is 0.321 e. The van der Waals surface area contributed by atoms with Gasteiger partial charge < -0.3 is 5.32 Å². The van der Waals surface area contributed by atoms with Crippen molar-refractivity contribution in [2.24, 2.45) is 0 Å². The lowest BCUT2D eigenvalue weighted by atomic mass is 10.2. The quantitative estimate of drug-likeness (QED) is 0.926. The second-order valence-corrected chi connectivity index (χ2v) is 4.96. The molecule has 17 heavy (non-hydrogen) atoms. The number of hydrogen-bond donors (Lipinski definition) is 1. The Kier molecular flexibility index (Phi) is 3.49. The zero-order valence-electron chi connectivity index (χ0n) is 8.70. The first kappa shape index (κ1) is 12.1. The Morgan fingerprint density at radius 3 is 2.94 bits per heavy atom. The van der Waals surface area contributed by atoms with Crippen molar-refractivity contribution in [1.29, 1.82) is 0 Å². The molecule has 0 bridgehead atoms. The molecule has 0 aliphatic carbocycles. The molecule has 1 heterocycles. The zero-order valence-corrected chi connectivity index (χ0v) is 11.1. The topological polar surface area (TPSA) is 54.9 Å². The summed E-state index contributed by atoms with van der Waals surface area (Å²) in [7, 11) is 0. The van der Waals surface area contributed by atoms with Crippen LogP contribution >= 0.6 is 27.5 Å². The molecule has 0 saturated carbocycles. The Hall–Kier alpha value is -1.34. The third kappa shape index (κ3) is 2.67. The highest BCUT2D eigenvalue weighted by Crippen LogP contribution is 2.24. The summed E-state index contributed by atoms with van der Waals surface area (Å²) < 4.78 is 17.3. The molecular formula is C10H7BrFN3OS. The molecule has 0 saturated heterocycles. The number of carbonyl (C=O) groups excluding carboxylic acids is 1. The minimum atomic E-state index is -0.423. The maximum Gasteiger partial charge on any atom is 0.269 e. The van der Waals surface area contributed by atoms with Gasteiger partial charge in [-0.05, 0) is 52.1 Å². The van der Waals surface area contributed by atoms with Crippen LogP contribution in [-0.4, -0.2) is 15.5 Å². The van der Waals surface area contributed by atoms with Gasteiger partial charge in [-0.2, -0.15) is 0 Å². The summed E-state index contributed by atoms with van der Waals surface area (Å²) >= 11 is 4.07. The van der Waals surface area contributed by atoms with Crippen LogP contribution in [0.15, 0.2) is 22.8 Å². The molecule has 0 aliphatic heterocycles. The zero-order chi connectivity index (χ0) is 12.4. The molecular weight excluding hydrogens is 309 g/mol. The lowest BCUT2D eigenvalue weighted by Crippen LogP contribution is -2.11. The number of hydrogen-bond acceptors (Lipinski definition) is 4. The first-order chi connectivity index (χ1) is 8.08. The van der Waals surface area contributed by atoms with Gasteiger partial charge in [0.1, 0.15) is 10.7 Å². The molecule has 2 aromatic rings. The molecule has 0 fully saturated rings. The van der Waals surface area contributed by atoms with Gasteiger partial charge in [-0.25, -0.2) is 4.39 Å². The predicted octanol–water partition coefficient (Wildman–Crippen LogP) is 3.00. The van der Waals surface area contributed by atoms with Crippen molar-refractivity contribution in [2.75, 3.05) is 5.32 Å². The molecule has 88 valence electrons. The Morgan fingerprint density at radius 2 is 2.29 bits per heavy atom. The predicted molar refractivity (Wildman–Crippen MR) is 66.7 cm³/mol. The van der Waals surface area contributed by atoms with E-state index in [1.165, 1.54) is 12.3 Å². The average molecular weight is 316 g/mol. The number of rotatable bonds is 2. The lowest BCUT2D eigenvalue weighted by molar-refractivity contribution is 0.103. The van der Waals surface area contributed by atoms with E-state index in [9.17, 15) is 9.18 Å². The van der Waals surface area contributed by atoms with Crippen LogP contribution in [0.5, 0.6) is 0 Å². The number of aryl methyl sites for hydroxylation is 1. The van der Waals surface area contributed by atoms with E-state index in [4.69, 9.17) is 0 Å². The molecule has 4 nitrogen and oxygen atoms in total. The van der Waals surface area contributed by atoms with Crippen LogP contribution in [0.3, 0.4) is 0 Å². The third-order valence-corrected chi connectivity index (χ3v) is 3.37. The number of nitrogens with zero attached hydrogens (tertiary/aromatic N) is 2. The van der Waals surface area contributed by atoms with E-state index in [0.717, 1.165) is 17.1 Å². The van der Waals surface area contributed by atoms with Gasteiger partial charge in [0.05, 0.1) is 10.7 Å². The number of halogens is 2. The van der Waals surface area contributed by atoms with Crippen LogP contribution in [0.2, 0.25) is 0 Å². The number of nitrogens with one attached hydrogen (secondary N) is 1. The highest BCUT2D eigenvalue weighted by molar-refractivity contribution is 9.10. The van der Waals surface area contributed by atoms with Crippen LogP contribution in [0, 0.1) is 12.7 Å². The molecule has 7 heteroatoms. The monoisotopic (exact) mass is 315 g/mol. The van der Waals surface area contributed by atoms with Crippen molar-refractivity contribution in [3.8, 4) is 0 Å². The normalized spacial score (nSPS) is 10.3. The van der Waals surface area contributed by atoms with Crippen molar-refractivity contribution in [1.82, 2.24) is 9.59 Å². The molecule has 0 unspecified atom stereocenters. The fraction of sp³-hybridized carbons (Fsp3) is 0.100. The van der Waals surface area contributed by atoms with Crippen LogP contribution in [0.4, 0.5) is 10.1 Å². The van der Waals surface area contributed by atoms with Crippen molar-refractivity contribution in [2.45, 2.75) is 6.92 Å².